The van der Waals surface area contributed by atoms with Gasteiger partial charge >= 0.3 is 0 Å². The van der Waals surface area contributed by atoms with Crippen molar-refractivity contribution >= 4 is 33.0 Å². The molecule has 76 valence electrons. The first kappa shape index (κ1) is 10.3. The van der Waals surface area contributed by atoms with E-state index < -0.39 is 0 Å². The molecule has 0 N–H and O–H groups in total. The molecule has 1 aliphatic heterocycles. The molecule has 0 aromatic carbocycles. The summed E-state index contributed by atoms with van der Waals surface area (Å²) in [6, 6.07) is 2.06. The van der Waals surface area contributed by atoms with Crippen LogP contribution in [0.1, 0.15) is 17.7 Å². The molecular formula is C10H12BrNOS. The summed E-state index contributed by atoms with van der Waals surface area (Å²) in [4.78, 5) is 14.8. The lowest BCUT2D eigenvalue weighted by Gasteiger charge is -2.24. The van der Waals surface area contributed by atoms with Crippen molar-refractivity contribution in [2.45, 2.75) is 19.4 Å². The number of carbonyl (C=O) groups excluding carboxylic acids is 1. The summed E-state index contributed by atoms with van der Waals surface area (Å²) in [7, 11) is 0. The van der Waals surface area contributed by atoms with Crippen molar-refractivity contribution in [3.05, 3.63) is 20.8 Å². The van der Waals surface area contributed by atoms with Crippen LogP contribution in [0.4, 0.5) is 0 Å². The molecule has 0 aliphatic carbocycles. The average Bonchev–Trinajstić information content (AvgIpc) is 2.52. The second-order valence-electron chi connectivity index (χ2n) is 3.54. The van der Waals surface area contributed by atoms with Gasteiger partial charge in [0.15, 0.2) is 0 Å². The molecule has 2 nitrogen and oxygen atoms in total. The van der Waals surface area contributed by atoms with Gasteiger partial charge in [-0.15, -0.1) is 11.3 Å². The van der Waals surface area contributed by atoms with Crippen molar-refractivity contribution in [2.24, 2.45) is 0 Å². The fourth-order valence-corrected chi connectivity index (χ4v) is 3.20. The van der Waals surface area contributed by atoms with Crippen molar-refractivity contribution in [1.29, 1.82) is 0 Å². The predicted octanol–water partition coefficient (Wildman–Crippen LogP) is 2.68. The Balaban J connectivity index is 1.97. The van der Waals surface area contributed by atoms with Gasteiger partial charge in [-0.05, 0) is 40.3 Å². The quantitative estimate of drug-likeness (QED) is 0.826. The molecule has 1 aliphatic rings. The summed E-state index contributed by atoms with van der Waals surface area (Å²) in [6.45, 7) is 2.59. The van der Waals surface area contributed by atoms with E-state index in [4.69, 9.17) is 0 Å². The lowest BCUT2D eigenvalue weighted by molar-refractivity contribution is -0.122. The standard InChI is InChI=1S/C10H12BrNOS/c11-9-3-5-14-10(9)7-12-4-1-2-8(13)6-12/h3,5H,1-2,4,6-7H2. The van der Waals surface area contributed by atoms with Gasteiger partial charge in [-0.25, -0.2) is 0 Å². The topological polar surface area (TPSA) is 20.3 Å². The van der Waals surface area contributed by atoms with Crippen molar-refractivity contribution in [3.8, 4) is 0 Å². The lowest BCUT2D eigenvalue weighted by Crippen LogP contribution is -2.34. The molecule has 1 fully saturated rings. The Bertz CT molecular complexity index is 337. The van der Waals surface area contributed by atoms with E-state index >= 15 is 0 Å². The van der Waals surface area contributed by atoms with Crippen LogP contribution in [-0.2, 0) is 11.3 Å². The molecule has 2 heterocycles. The summed E-state index contributed by atoms with van der Waals surface area (Å²) < 4.78 is 1.17. The maximum atomic E-state index is 11.2. The van der Waals surface area contributed by atoms with E-state index in [9.17, 15) is 4.79 Å². The first-order chi connectivity index (χ1) is 6.75. The lowest BCUT2D eigenvalue weighted by atomic mass is 10.1. The number of thiophene rings is 1. The normalized spacial score (nSPS) is 18.8. The molecule has 0 saturated carbocycles. The molecule has 0 spiro atoms. The zero-order chi connectivity index (χ0) is 9.97. The molecule has 1 saturated heterocycles. The van der Waals surface area contributed by atoms with E-state index in [1.165, 1.54) is 9.35 Å². The van der Waals surface area contributed by atoms with Gasteiger partial charge in [0.1, 0.15) is 5.78 Å². The van der Waals surface area contributed by atoms with Gasteiger partial charge in [-0.3, -0.25) is 9.69 Å². The van der Waals surface area contributed by atoms with E-state index in [-0.39, 0.29) is 0 Å². The molecule has 14 heavy (non-hydrogen) atoms. The van der Waals surface area contributed by atoms with Crippen LogP contribution in [0, 0.1) is 0 Å². The molecule has 0 radical (unpaired) electrons. The van der Waals surface area contributed by atoms with Gasteiger partial charge in [0, 0.05) is 22.3 Å². The Labute approximate surface area is 96.0 Å². The number of Topliss-reactive ketones (excluding diaryl/α,β-unsaturated/α-hetero) is 1. The van der Waals surface area contributed by atoms with Crippen LogP contribution >= 0.6 is 27.3 Å². The van der Waals surface area contributed by atoms with E-state index in [0.29, 0.717) is 12.3 Å². The Morgan fingerprint density at radius 1 is 1.57 bits per heavy atom. The van der Waals surface area contributed by atoms with Gasteiger partial charge in [0.25, 0.3) is 0 Å². The molecule has 1 aromatic rings. The number of ketones is 1. The highest BCUT2D eigenvalue weighted by Crippen LogP contribution is 2.24. The van der Waals surface area contributed by atoms with Crippen molar-refractivity contribution in [1.82, 2.24) is 4.90 Å². The Morgan fingerprint density at radius 2 is 2.43 bits per heavy atom. The largest absolute Gasteiger partial charge is 0.298 e. The van der Waals surface area contributed by atoms with E-state index in [1.54, 1.807) is 11.3 Å². The summed E-state index contributed by atoms with van der Waals surface area (Å²) in [5, 5.41) is 2.07. The maximum Gasteiger partial charge on any atom is 0.146 e. The van der Waals surface area contributed by atoms with Crippen LogP contribution in [0.5, 0.6) is 0 Å². The van der Waals surface area contributed by atoms with Gasteiger partial charge < -0.3 is 0 Å². The van der Waals surface area contributed by atoms with Gasteiger partial charge in [0.2, 0.25) is 0 Å². The number of nitrogens with zero attached hydrogens (tertiary/aromatic N) is 1. The minimum Gasteiger partial charge on any atom is -0.298 e. The average molecular weight is 274 g/mol. The minimum atomic E-state index is 0.379. The van der Waals surface area contributed by atoms with Crippen LogP contribution in [0.15, 0.2) is 15.9 Å². The monoisotopic (exact) mass is 273 g/mol. The van der Waals surface area contributed by atoms with Gasteiger partial charge in [-0.2, -0.15) is 0 Å². The van der Waals surface area contributed by atoms with Crippen LogP contribution < -0.4 is 0 Å². The molecular weight excluding hydrogens is 262 g/mol. The second kappa shape index (κ2) is 4.55. The molecule has 0 amide bonds. The van der Waals surface area contributed by atoms with Gasteiger partial charge in [-0.1, -0.05) is 0 Å². The zero-order valence-electron chi connectivity index (χ0n) is 7.83. The fourth-order valence-electron chi connectivity index (χ4n) is 1.68. The van der Waals surface area contributed by atoms with Crippen molar-refractivity contribution in [2.75, 3.05) is 13.1 Å². The summed E-state index contributed by atoms with van der Waals surface area (Å²) in [5.74, 6) is 0.379. The zero-order valence-corrected chi connectivity index (χ0v) is 10.2. The molecule has 0 unspecified atom stereocenters. The maximum absolute atomic E-state index is 11.2. The Hall–Kier alpha value is -0.190. The first-order valence-electron chi connectivity index (χ1n) is 4.71. The number of carbonyl (C=O) groups is 1. The molecule has 0 bridgehead atoms. The summed E-state index contributed by atoms with van der Waals surface area (Å²) in [6.07, 6.45) is 1.78. The first-order valence-corrected chi connectivity index (χ1v) is 6.39. The van der Waals surface area contributed by atoms with Crippen LogP contribution in [-0.4, -0.2) is 23.8 Å². The van der Waals surface area contributed by atoms with Crippen LogP contribution in [0.2, 0.25) is 0 Å². The number of hydrogen-bond donors (Lipinski definition) is 0. The predicted molar refractivity (Wildman–Crippen MR) is 61.5 cm³/mol. The highest BCUT2D eigenvalue weighted by molar-refractivity contribution is 9.10. The van der Waals surface area contributed by atoms with Gasteiger partial charge in [0.05, 0.1) is 6.54 Å². The van der Waals surface area contributed by atoms with Crippen LogP contribution in [0.3, 0.4) is 0 Å². The van der Waals surface area contributed by atoms with E-state index in [1.807, 2.05) is 0 Å². The Morgan fingerprint density at radius 3 is 3.07 bits per heavy atom. The smallest absolute Gasteiger partial charge is 0.146 e. The molecule has 2 rings (SSSR count). The second-order valence-corrected chi connectivity index (χ2v) is 5.40. The SMILES string of the molecule is O=C1CCCN(Cc2sccc2Br)C1. The minimum absolute atomic E-state index is 0.379. The van der Waals surface area contributed by atoms with E-state index in [0.717, 1.165) is 25.9 Å². The molecule has 0 atom stereocenters. The molecule has 4 heteroatoms. The Kier molecular flexibility index (Phi) is 3.36. The third-order valence-corrected chi connectivity index (χ3v) is 4.30. The fraction of sp³-hybridized carbons (Fsp3) is 0.500. The third kappa shape index (κ3) is 2.43. The number of halogens is 1. The summed E-state index contributed by atoms with van der Waals surface area (Å²) in [5.41, 5.74) is 0. The van der Waals surface area contributed by atoms with Crippen molar-refractivity contribution in [3.63, 3.8) is 0 Å². The number of piperidine rings is 1. The molecule has 1 aromatic heterocycles. The van der Waals surface area contributed by atoms with E-state index in [2.05, 4.69) is 32.3 Å². The summed E-state index contributed by atoms with van der Waals surface area (Å²) >= 11 is 5.25. The third-order valence-electron chi connectivity index (χ3n) is 2.39. The van der Waals surface area contributed by atoms with Crippen LogP contribution in [0.25, 0.3) is 0 Å². The highest BCUT2D eigenvalue weighted by atomic mass is 79.9. The number of likely N-dealkylation sites (tertiary alicyclic amines) is 1. The van der Waals surface area contributed by atoms with Crippen molar-refractivity contribution < 1.29 is 4.79 Å². The number of rotatable bonds is 2. The highest BCUT2D eigenvalue weighted by Gasteiger charge is 2.17. The number of hydrogen-bond acceptors (Lipinski definition) is 3.